The van der Waals surface area contributed by atoms with Crippen molar-refractivity contribution >= 4 is 23.6 Å². The topological polar surface area (TPSA) is 87.7 Å². The molecule has 1 aliphatic heterocycles. The molecule has 186 valence electrons. The van der Waals surface area contributed by atoms with Crippen molar-refractivity contribution in [2.45, 2.75) is 38.6 Å². The van der Waals surface area contributed by atoms with Crippen LogP contribution in [0, 0.1) is 11.6 Å². The van der Waals surface area contributed by atoms with Gasteiger partial charge in [0.2, 0.25) is 11.8 Å². The molecule has 1 heterocycles. The van der Waals surface area contributed by atoms with Crippen molar-refractivity contribution in [3.63, 3.8) is 0 Å². The molecule has 9 heteroatoms. The van der Waals surface area contributed by atoms with Crippen LogP contribution in [0.2, 0.25) is 0 Å². The van der Waals surface area contributed by atoms with Gasteiger partial charge >= 0.3 is 6.09 Å². The SMILES string of the molecule is CCC(=O)Nc1ccc(C2OC(=O)N(Cc3cccc(F)c3)C2C(=O)NCc2ccc(F)cc2)cc1. The summed E-state index contributed by atoms with van der Waals surface area (Å²) in [4.78, 5) is 39.1. The van der Waals surface area contributed by atoms with Crippen LogP contribution in [0.15, 0.2) is 72.8 Å². The molecule has 0 aliphatic carbocycles. The standard InChI is InChI=1S/C27H25F2N3O4/c1-2-23(33)31-22-12-8-19(9-13-22)25-24(26(34)30-15-17-6-10-20(28)11-7-17)32(27(35)36-25)16-18-4-3-5-21(29)14-18/h3-14,24-25H,2,15-16H2,1H3,(H,30,34)(H,31,33). The third-order valence-electron chi connectivity index (χ3n) is 5.82. The zero-order valence-corrected chi connectivity index (χ0v) is 19.5. The van der Waals surface area contributed by atoms with E-state index in [-0.39, 0.29) is 24.8 Å². The minimum absolute atomic E-state index is 0.0353. The fraction of sp³-hybridized carbons (Fsp3) is 0.222. The smallest absolute Gasteiger partial charge is 0.411 e. The van der Waals surface area contributed by atoms with Crippen LogP contribution >= 0.6 is 0 Å². The third-order valence-corrected chi connectivity index (χ3v) is 5.82. The van der Waals surface area contributed by atoms with Crippen molar-refractivity contribution in [2.24, 2.45) is 0 Å². The highest BCUT2D eigenvalue weighted by Gasteiger charge is 2.46. The predicted octanol–water partition coefficient (Wildman–Crippen LogP) is 4.69. The van der Waals surface area contributed by atoms with Crippen LogP contribution in [-0.4, -0.2) is 28.8 Å². The second-order valence-corrected chi connectivity index (χ2v) is 8.38. The minimum Gasteiger partial charge on any atom is -0.438 e. The highest BCUT2D eigenvalue weighted by molar-refractivity contribution is 5.91. The fourth-order valence-corrected chi connectivity index (χ4v) is 3.94. The van der Waals surface area contributed by atoms with Crippen LogP contribution in [0.5, 0.6) is 0 Å². The quantitative estimate of drug-likeness (QED) is 0.477. The molecule has 1 saturated heterocycles. The molecule has 4 rings (SSSR count). The zero-order chi connectivity index (χ0) is 25.7. The number of cyclic esters (lactones) is 1. The first-order valence-corrected chi connectivity index (χ1v) is 11.5. The number of anilines is 1. The van der Waals surface area contributed by atoms with E-state index >= 15 is 0 Å². The Balaban J connectivity index is 1.58. The molecule has 36 heavy (non-hydrogen) atoms. The number of rotatable bonds is 8. The predicted molar refractivity (Wildman–Crippen MR) is 129 cm³/mol. The van der Waals surface area contributed by atoms with Gasteiger partial charge in [-0.15, -0.1) is 0 Å². The number of nitrogens with one attached hydrogen (secondary N) is 2. The largest absolute Gasteiger partial charge is 0.438 e. The second kappa shape index (κ2) is 11.0. The molecule has 0 radical (unpaired) electrons. The van der Waals surface area contributed by atoms with Crippen molar-refractivity contribution in [1.29, 1.82) is 0 Å². The molecule has 0 saturated carbocycles. The highest BCUT2D eigenvalue weighted by Crippen LogP contribution is 2.34. The van der Waals surface area contributed by atoms with Gasteiger partial charge in [0.05, 0.1) is 6.54 Å². The molecular formula is C27H25F2N3O4. The average molecular weight is 494 g/mol. The molecular weight excluding hydrogens is 468 g/mol. The van der Waals surface area contributed by atoms with Crippen molar-refractivity contribution in [3.05, 3.63) is 101 Å². The van der Waals surface area contributed by atoms with E-state index < -0.39 is 30.0 Å². The van der Waals surface area contributed by atoms with Crippen LogP contribution in [0.1, 0.15) is 36.1 Å². The Morgan fingerprint density at radius 1 is 0.944 bits per heavy atom. The summed E-state index contributed by atoms with van der Waals surface area (Å²) in [5, 5.41) is 5.53. The molecule has 3 amide bonds. The number of carbonyl (C=O) groups excluding carboxylic acids is 3. The van der Waals surface area contributed by atoms with Crippen molar-refractivity contribution in [2.75, 3.05) is 5.32 Å². The van der Waals surface area contributed by atoms with E-state index in [0.29, 0.717) is 28.8 Å². The maximum absolute atomic E-state index is 13.8. The molecule has 3 aromatic carbocycles. The molecule has 2 unspecified atom stereocenters. The Morgan fingerprint density at radius 3 is 2.33 bits per heavy atom. The van der Waals surface area contributed by atoms with Crippen LogP contribution in [0.4, 0.5) is 19.3 Å². The van der Waals surface area contributed by atoms with Crippen LogP contribution in [-0.2, 0) is 27.4 Å². The minimum atomic E-state index is -1.04. The summed E-state index contributed by atoms with van der Waals surface area (Å²) in [7, 11) is 0. The lowest BCUT2D eigenvalue weighted by atomic mass is 10.00. The summed E-state index contributed by atoms with van der Waals surface area (Å²) in [6.07, 6.45) is -1.32. The maximum atomic E-state index is 13.8. The normalized spacial score (nSPS) is 17.0. The number of nitrogens with zero attached hydrogens (tertiary/aromatic N) is 1. The van der Waals surface area contributed by atoms with Crippen molar-refractivity contribution in [1.82, 2.24) is 10.2 Å². The molecule has 1 fully saturated rings. The molecule has 2 atom stereocenters. The zero-order valence-electron chi connectivity index (χ0n) is 19.5. The van der Waals surface area contributed by atoms with Gasteiger partial charge in [-0.3, -0.25) is 14.5 Å². The molecule has 2 N–H and O–H groups in total. The van der Waals surface area contributed by atoms with E-state index in [1.165, 1.54) is 35.2 Å². The van der Waals surface area contributed by atoms with Crippen LogP contribution < -0.4 is 10.6 Å². The van der Waals surface area contributed by atoms with Gasteiger partial charge in [0.1, 0.15) is 11.6 Å². The Morgan fingerprint density at radius 2 is 1.67 bits per heavy atom. The highest BCUT2D eigenvalue weighted by atomic mass is 19.1. The molecule has 0 spiro atoms. The van der Waals surface area contributed by atoms with Gasteiger partial charge < -0.3 is 15.4 Å². The second-order valence-electron chi connectivity index (χ2n) is 8.38. The van der Waals surface area contributed by atoms with E-state index in [2.05, 4.69) is 10.6 Å². The lowest BCUT2D eigenvalue weighted by Gasteiger charge is -2.24. The Kier molecular flexibility index (Phi) is 7.58. The number of carbonyl (C=O) groups is 3. The van der Waals surface area contributed by atoms with Gasteiger partial charge in [-0.25, -0.2) is 13.6 Å². The number of benzene rings is 3. The van der Waals surface area contributed by atoms with E-state index in [0.717, 1.165) is 0 Å². The van der Waals surface area contributed by atoms with Crippen molar-refractivity contribution in [3.8, 4) is 0 Å². The first kappa shape index (κ1) is 24.8. The summed E-state index contributed by atoms with van der Waals surface area (Å²) in [5.41, 5.74) is 2.31. The third kappa shape index (κ3) is 5.86. The van der Waals surface area contributed by atoms with Crippen LogP contribution in [0.25, 0.3) is 0 Å². The van der Waals surface area contributed by atoms with E-state index in [1.807, 2.05) is 0 Å². The molecule has 1 aliphatic rings. The first-order valence-electron chi connectivity index (χ1n) is 11.5. The maximum Gasteiger partial charge on any atom is 0.411 e. The monoisotopic (exact) mass is 493 g/mol. The van der Waals surface area contributed by atoms with E-state index in [4.69, 9.17) is 4.74 Å². The van der Waals surface area contributed by atoms with E-state index in [9.17, 15) is 23.2 Å². The number of hydrogen-bond donors (Lipinski definition) is 2. The number of halogens is 2. The van der Waals surface area contributed by atoms with Gasteiger partial charge in [0.25, 0.3) is 0 Å². The molecule has 0 bridgehead atoms. The van der Waals surface area contributed by atoms with E-state index in [1.54, 1.807) is 49.4 Å². The number of ether oxygens (including phenoxy) is 1. The average Bonchev–Trinajstić information content (AvgIpc) is 3.19. The molecule has 7 nitrogen and oxygen atoms in total. The summed E-state index contributed by atoms with van der Waals surface area (Å²) < 4.78 is 32.6. The summed E-state index contributed by atoms with van der Waals surface area (Å²) in [6.45, 7) is 1.82. The first-order chi connectivity index (χ1) is 17.3. The molecule has 0 aromatic heterocycles. The lowest BCUT2D eigenvalue weighted by Crippen LogP contribution is -2.46. The Bertz CT molecular complexity index is 1250. The fourth-order valence-electron chi connectivity index (χ4n) is 3.94. The summed E-state index contributed by atoms with van der Waals surface area (Å²) in [5.74, 6) is -1.47. The summed E-state index contributed by atoms with van der Waals surface area (Å²) in [6, 6.07) is 17.1. The molecule has 3 aromatic rings. The number of hydrogen-bond acceptors (Lipinski definition) is 4. The van der Waals surface area contributed by atoms with Gasteiger partial charge in [0.15, 0.2) is 12.1 Å². The van der Waals surface area contributed by atoms with Gasteiger partial charge in [-0.2, -0.15) is 0 Å². The van der Waals surface area contributed by atoms with Gasteiger partial charge in [-0.05, 0) is 53.1 Å². The van der Waals surface area contributed by atoms with Gasteiger partial charge in [-0.1, -0.05) is 43.3 Å². The van der Waals surface area contributed by atoms with Crippen molar-refractivity contribution < 1.29 is 27.9 Å². The van der Waals surface area contributed by atoms with Gasteiger partial charge in [0, 0.05) is 18.7 Å². The Labute approximate surface area is 207 Å². The lowest BCUT2D eigenvalue weighted by molar-refractivity contribution is -0.126. The number of amides is 3. The summed E-state index contributed by atoms with van der Waals surface area (Å²) >= 11 is 0. The van der Waals surface area contributed by atoms with Crippen LogP contribution in [0.3, 0.4) is 0 Å². The Hall–Kier alpha value is -4.27.